The first-order chi connectivity index (χ1) is 9.85. The van der Waals surface area contributed by atoms with Gasteiger partial charge in [0.1, 0.15) is 0 Å². The van der Waals surface area contributed by atoms with E-state index in [-0.39, 0.29) is 5.92 Å². The second-order valence-corrected chi connectivity index (χ2v) is 5.19. The lowest BCUT2D eigenvalue weighted by atomic mass is 9.87. The Kier molecular flexibility index (Phi) is 3.51. The summed E-state index contributed by atoms with van der Waals surface area (Å²) in [5, 5.41) is 4.73. The number of rotatable bonds is 4. The normalized spacial score (nSPS) is 12.7. The zero-order valence-electron chi connectivity index (χ0n) is 11.6. The van der Waals surface area contributed by atoms with Crippen LogP contribution in [0.3, 0.4) is 0 Å². The molecule has 0 spiro atoms. The SMILES string of the molecule is CCCC([C]=O)c1c2ccccc2cc2ccccc12. The zero-order chi connectivity index (χ0) is 13.9. The molecule has 0 amide bonds. The van der Waals surface area contributed by atoms with Gasteiger partial charge in [0.2, 0.25) is 6.29 Å². The number of fused-ring (bicyclic) bond motifs is 2. The van der Waals surface area contributed by atoms with E-state index in [1.54, 1.807) is 0 Å². The van der Waals surface area contributed by atoms with Crippen LogP contribution in [0.2, 0.25) is 0 Å². The molecule has 1 heteroatoms. The zero-order valence-corrected chi connectivity index (χ0v) is 11.6. The molecule has 0 bridgehead atoms. The van der Waals surface area contributed by atoms with Crippen molar-refractivity contribution in [3.63, 3.8) is 0 Å². The first-order valence-corrected chi connectivity index (χ1v) is 7.13. The fourth-order valence-electron chi connectivity index (χ4n) is 2.98. The summed E-state index contributed by atoms with van der Waals surface area (Å²) in [7, 11) is 0. The Labute approximate surface area is 119 Å². The van der Waals surface area contributed by atoms with E-state index in [0.717, 1.165) is 18.4 Å². The molecule has 1 unspecified atom stereocenters. The molecular weight excluding hydrogens is 244 g/mol. The summed E-state index contributed by atoms with van der Waals surface area (Å²) in [6.45, 7) is 2.11. The van der Waals surface area contributed by atoms with Gasteiger partial charge in [-0.3, -0.25) is 4.79 Å². The number of benzene rings is 3. The van der Waals surface area contributed by atoms with Gasteiger partial charge in [0.25, 0.3) is 0 Å². The van der Waals surface area contributed by atoms with Crippen LogP contribution in [0, 0.1) is 0 Å². The molecule has 1 nitrogen and oxygen atoms in total. The average molecular weight is 261 g/mol. The van der Waals surface area contributed by atoms with Crippen LogP contribution in [-0.2, 0) is 4.79 Å². The molecule has 1 radical (unpaired) electrons. The molecule has 0 heterocycles. The van der Waals surface area contributed by atoms with Crippen LogP contribution < -0.4 is 0 Å². The Morgan fingerprint density at radius 3 is 2.00 bits per heavy atom. The van der Waals surface area contributed by atoms with Gasteiger partial charge >= 0.3 is 0 Å². The minimum Gasteiger partial charge on any atom is -0.290 e. The Morgan fingerprint density at radius 1 is 0.950 bits per heavy atom. The van der Waals surface area contributed by atoms with E-state index in [4.69, 9.17) is 0 Å². The molecule has 20 heavy (non-hydrogen) atoms. The maximum Gasteiger partial charge on any atom is 0.206 e. The molecule has 0 aromatic heterocycles. The van der Waals surface area contributed by atoms with E-state index >= 15 is 0 Å². The summed E-state index contributed by atoms with van der Waals surface area (Å²) in [5.41, 5.74) is 1.13. The van der Waals surface area contributed by atoms with Gasteiger partial charge in [0.05, 0.1) is 5.92 Å². The lowest BCUT2D eigenvalue weighted by Crippen LogP contribution is -2.02. The molecule has 1 atom stereocenters. The predicted octanol–water partition coefficient (Wildman–Crippen LogP) is 4.99. The highest BCUT2D eigenvalue weighted by Gasteiger charge is 2.17. The molecule has 0 fully saturated rings. The summed E-state index contributed by atoms with van der Waals surface area (Å²) in [6, 6.07) is 18.8. The third-order valence-corrected chi connectivity index (χ3v) is 3.88. The van der Waals surface area contributed by atoms with Gasteiger partial charge in [0, 0.05) is 0 Å². The van der Waals surface area contributed by atoms with E-state index in [1.807, 2.05) is 24.3 Å². The van der Waals surface area contributed by atoms with Gasteiger partial charge < -0.3 is 0 Å². The third-order valence-electron chi connectivity index (χ3n) is 3.88. The van der Waals surface area contributed by atoms with Crippen LogP contribution in [0.25, 0.3) is 21.5 Å². The highest BCUT2D eigenvalue weighted by molar-refractivity contribution is 6.04. The second-order valence-electron chi connectivity index (χ2n) is 5.19. The Hall–Kier alpha value is -2.15. The molecule has 0 aliphatic heterocycles. The minimum absolute atomic E-state index is 0.143. The lowest BCUT2D eigenvalue weighted by Gasteiger charge is -2.16. The molecule has 3 rings (SSSR count). The summed E-state index contributed by atoms with van der Waals surface area (Å²) >= 11 is 0. The monoisotopic (exact) mass is 261 g/mol. The highest BCUT2D eigenvalue weighted by atomic mass is 16.1. The minimum atomic E-state index is -0.143. The Balaban J connectivity index is 2.41. The maximum atomic E-state index is 11.5. The molecule has 3 aromatic rings. The van der Waals surface area contributed by atoms with Gasteiger partial charge in [0.15, 0.2) is 0 Å². The fraction of sp³-hybridized carbons (Fsp3) is 0.211. The fourth-order valence-corrected chi connectivity index (χ4v) is 2.98. The van der Waals surface area contributed by atoms with Gasteiger partial charge in [-0.1, -0.05) is 61.9 Å². The summed E-state index contributed by atoms with van der Waals surface area (Å²) in [5.74, 6) is -0.143. The molecule has 0 aliphatic rings. The van der Waals surface area contributed by atoms with Crippen molar-refractivity contribution in [1.82, 2.24) is 0 Å². The average Bonchev–Trinajstić information content (AvgIpc) is 2.50. The molecule has 3 aromatic carbocycles. The summed E-state index contributed by atoms with van der Waals surface area (Å²) < 4.78 is 0. The van der Waals surface area contributed by atoms with Crippen LogP contribution in [0.15, 0.2) is 54.6 Å². The van der Waals surface area contributed by atoms with Crippen molar-refractivity contribution in [3.05, 3.63) is 60.2 Å². The van der Waals surface area contributed by atoms with Crippen molar-refractivity contribution < 1.29 is 4.79 Å². The van der Waals surface area contributed by atoms with Gasteiger partial charge in [-0.05, 0) is 39.6 Å². The molecule has 0 N–H and O–H groups in total. The van der Waals surface area contributed by atoms with Crippen LogP contribution in [0.4, 0.5) is 0 Å². The van der Waals surface area contributed by atoms with E-state index in [1.165, 1.54) is 21.5 Å². The largest absolute Gasteiger partial charge is 0.290 e. The molecule has 0 saturated heterocycles. The van der Waals surface area contributed by atoms with Crippen LogP contribution in [0.1, 0.15) is 31.2 Å². The molecule has 0 saturated carbocycles. The van der Waals surface area contributed by atoms with Crippen molar-refractivity contribution in [2.75, 3.05) is 0 Å². The van der Waals surface area contributed by atoms with Gasteiger partial charge in [-0.15, -0.1) is 0 Å². The Morgan fingerprint density at radius 2 is 1.50 bits per heavy atom. The van der Waals surface area contributed by atoms with E-state index in [9.17, 15) is 4.79 Å². The van der Waals surface area contributed by atoms with Crippen molar-refractivity contribution in [1.29, 1.82) is 0 Å². The first kappa shape index (κ1) is 12.9. The number of hydrogen-bond donors (Lipinski definition) is 0. The van der Waals surface area contributed by atoms with E-state index in [0.29, 0.717) is 0 Å². The summed E-state index contributed by atoms with van der Waals surface area (Å²) in [4.78, 5) is 11.5. The van der Waals surface area contributed by atoms with Crippen molar-refractivity contribution in [3.8, 4) is 0 Å². The quantitative estimate of drug-likeness (QED) is 0.605. The molecule has 99 valence electrons. The standard InChI is InChI=1S/C19H17O/c1-2-7-16(13-20)19-17-10-5-3-8-14(17)12-15-9-4-6-11-18(15)19/h3-6,8-12,16H,2,7H2,1H3. The summed E-state index contributed by atoms with van der Waals surface area (Å²) in [6.07, 6.45) is 4.09. The predicted molar refractivity (Wildman–Crippen MR) is 84.8 cm³/mol. The second kappa shape index (κ2) is 5.46. The topological polar surface area (TPSA) is 17.1 Å². The molecule has 0 aliphatic carbocycles. The lowest BCUT2D eigenvalue weighted by molar-refractivity contribution is 0.537. The Bertz CT molecular complexity index is 704. The first-order valence-electron chi connectivity index (χ1n) is 7.13. The highest BCUT2D eigenvalue weighted by Crippen LogP contribution is 2.34. The molecular formula is C19H17O. The number of carbonyl (C=O) groups excluding carboxylic acids is 1. The third kappa shape index (κ3) is 2.09. The van der Waals surface area contributed by atoms with Crippen LogP contribution in [0.5, 0.6) is 0 Å². The number of hydrogen-bond acceptors (Lipinski definition) is 1. The van der Waals surface area contributed by atoms with Gasteiger partial charge in [-0.2, -0.15) is 0 Å². The smallest absolute Gasteiger partial charge is 0.206 e. The van der Waals surface area contributed by atoms with Crippen LogP contribution >= 0.6 is 0 Å². The maximum absolute atomic E-state index is 11.5. The van der Waals surface area contributed by atoms with Crippen molar-refractivity contribution in [2.45, 2.75) is 25.7 Å². The van der Waals surface area contributed by atoms with Crippen molar-refractivity contribution >= 4 is 27.8 Å². The van der Waals surface area contributed by atoms with Crippen LogP contribution in [-0.4, -0.2) is 6.29 Å². The van der Waals surface area contributed by atoms with Crippen molar-refractivity contribution in [2.24, 2.45) is 0 Å². The van der Waals surface area contributed by atoms with Gasteiger partial charge in [-0.25, -0.2) is 0 Å². The van der Waals surface area contributed by atoms with E-state index in [2.05, 4.69) is 43.5 Å². The van der Waals surface area contributed by atoms with E-state index < -0.39 is 0 Å².